The van der Waals surface area contributed by atoms with Crippen LogP contribution in [0.4, 0.5) is 5.82 Å². The summed E-state index contributed by atoms with van der Waals surface area (Å²) in [5, 5.41) is 26.8. The van der Waals surface area contributed by atoms with Crippen LogP contribution in [-0.4, -0.2) is 87.9 Å². The summed E-state index contributed by atoms with van der Waals surface area (Å²) in [6, 6.07) is 0. The minimum absolute atomic E-state index is 0.0758. The molecule has 6 N–H and O–H groups in total. The summed E-state index contributed by atoms with van der Waals surface area (Å²) >= 11 is 2.04. The number of rotatable bonds is 15. The van der Waals surface area contributed by atoms with Crippen LogP contribution < -0.4 is 10.6 Å². The van der Waals surface area contributed by atoms with Crippen LogP contribution in [-0.2, 0) is 18.6 Å². The Morgan fingerprint density at radius 3 is 2.47 bits per heavy atom. The molecule has 1 fully saturated rings. The number of halogens is 1. The summed E-state index contributed by atoms with van der Waals surface area (Å²) in [6.07, 6.45) is 3.98. The number of phosphoric ester groups is 1. The van der Waals surface area contributed by atoms with Gasteiger partial charge in [0.1, 0.15) is 24.6 Å². The van der Waals surface area contributed by atoms with Crippen molar-refractivity contribution in [1.29, 1.82) is 0 Å². The number of amides is 1. The number of aliphatic hydroxyl groups excluding tert-OH is 2. The van der Waals surface area contributed by atoms with Gasteiger partial charge in [0.2, 0.25) is 5.91 Å². The van der Waals surface area contributed by atoms with Crippen molar-refractivity contribution in [3.8, 4) is 0 Å². The maximum absolute atomic E-state index is 11.2. The Balaban J connectivity index is 1.46. The topological polar surface area (TPSA) is 201 Å². The van der Waals surface area contributed by atoms with Gasteiger partial charge >= 0.3 is 7.82 Å². The molecule has 0 spiro atoms. The molecule has 1 aliphatic rings. The number of nitrogens with zero attached hydrogens (tertiary/aromatic N) is 4. The van der Waals surface area contributed by atoms with Crippen molar-refractivity contribution in [3.63, 3.8) is 0 Å². The fourth-order valence-corrected chi connectivity index (χ4v) is 4.48. The minimum atomic E-state index is -4.75. The number of aromatic nitrogens is 4. The van der Waals surface area contributed by atoms with Crippen LogP contribution in [0.5, 0.6) is 0 Å². The lowest BCUT2D eigenvalue weighted by Crippen LogP contribution is -2.33. The number of anilines is 1. The van der Waals surface area contributed by atoms with Crippen molar-refractivity contribution in [2.45, 2.75) is 63.1 Å². The first kappa shape index (κ1) is 29.1. The summed E-state index contributed by atoms with van der Waals surface area (Å²) in [6.45, 7) is 0.819. The van der Waals surface area contributed by atoms with Gasteiger partial charge in [-0.15, -0.1) is 0 Å². The second-order valence-corrected chi connectivity index (χ2v) is 10.4. The highest BCUT2D eigenvalue weighted by Crippen LogP contribution is 2.39. The smallest absolute Gasteiger partial charge is 0.387 e. The highest BCUT2D eigenvalue weighted by Gasteiger charge is 2.45. The van der Waals surface area contributed by atoms with Gasteiger partial charge in [-0.05, 0) is 12.8 Å². The third-order valence-electron chi connectivity index (χ3n) is 5.72. The SMILES string of the molecule is O=C(CI)NCCCCCCCCNc1ncnc2c1ncn2C1OC(COP(=O)(O)O)C(O)C1O. The lowest BCUT2D eigenvalue weighted by Gasteiger charge is -2.16. The van der Waals surface area contributed by atoms with E-state index in [1.807, 2.05) is 22.6 Å². The Labute approximate surface area is 221 Å². The number of ether oxygens (including phenoxy) is 1. The molecule has 1 aliphatic heterocycles. The zero-order valence-electron chi connectivity index (χ0n) is 19.6. The van der Waals surface area contributed by atoms with Crippen LogP contribution in [0.1, 0.15) is 44.8 Å². The van der Waals surface area contributed by atoms with E-state index in [-0.39, 0.29) is 5.91 Å². The number of carbonyl (C=O) groups is 1. The molecule has 4 unspecified atom stereocenters. The average molecular weight is 642 g/mol. The Morgan fingerprint density at radius 2 is 1.78 bits per heavy atom. The predicted molar refractivity (Wildman–Crippen MR) is 137 cm³/mol. The van der Waals surface area contributed by atoms with Crippen LogP contribution in [0.25, 0.3) is 11.2 Å². The maximum atomic E-state index is 11.2. The molecule has 0 bridgehead atoms. The number of alkyl halides is 1. The molecule has 202 valence electrons. The molecular weight excluding hydrogens is 610 g/mol. The summed E-state index contributed by atoms with van der Waals surface area (Å²) in [5.41, 5.74) is 0.834. The van der Waals surface area contributed by atoms with Crippen LogP contribution in [0, 0.1) is 0 Å². The first-order valence-corrected chi connectivity index (χ1v) is 14.7. The first-order chi connectivity index (χ1) is 17.2. The molecule has 3 rings (SSSR count). The van der Waals surface area contributed by atoms with Gasteiger partial charge in [-0.3, -0.25) is 13.9 Å². The number of imidazole rings is 1. The Bertz CT molecular complexity index is 1040. The summed E-state index contributed by atoms with van der Waals surface area (Å²) in [5.74, 6) is 0.603. The lowest BCUT2D eigenvalue weighted by molar-refractivity contribution is -0.118. The number of phosphoric acid groups is 1. The predicted octanol–water partition coefficient (Wildman–Crippen LogP) is 0.858. The molecule has 0 aromatic carbocycles. The molecule has 16 heteroatoms. The van der Waals surface area contributed by atoms with Gasteiger partial charge in [-0.1, -0.05) is 48.3 Å². The molecule has 0 aliphatic carbocycles. The molecule has 2 aromatic heterocycles. The van der Waals surface area contributed by atoms with Gasteiger partial charge < -0.3 is 35.4 Å². The number of nitrogens with one attached hydrogen (secondary N) is 2. The molecule has 4 atom stereocenters. The van der Waals surface area contributed by atoms with Crippen LogP contribution in [0.15, 0.2) is 12.7 Å². The zero-order valence-corrected chi connectivity index (χ0v) is 22.6. The average Bonchev–Trinajstić information content (AvgIpc) is 3.39. The van der Waals surface area contributed by atoms with E-state index in [1.54, 1.807) is 0 Å². The van der Waals surface area contributed by atoms with Crippen LogP contribution in [0.3, 0.4) is 0 Å². The van der Waals surface area contributed by atoms with E-state index in [2.05, 4.69) is 30.1 Å². The number of fused-ring (bicyclic) bond motifs is 1. The van der Waals surface area contributed by atoms with E-state index >= 15 is 0 Å². The van der Waals surface area contributed by atoms with E-state index in [1.165, 1.54) is 17.2 Å². The summed E-state index contributed by atoms with van der Waals surface area (Å²) in [4.78, 5) is 41.7. The van der Waals surface area contributed by atoms with Gasteiger partial charge in [-0.25, -0.2) is 19.5 Å². The molecule has 2 aromatic rings. The largest absolute Gasteiger partial charge is 0.469 e. The minimum Gasteiger partial charge on any atom is -0.387 e. The fraction of sp³-hybridized carbons (Fsp3) is 0.700. The third-order valence-corrected chi connectivity index (χ3v) is 6.89. The Morgan fingerprint density at radius 1 is 1.08 bits per heavy atom. The van der Waals surface area contributed by atoms with Gasteiger partial charge in [0, 0.05) is 13.1 Å². The highest BCUT2D eigenvalue weighted by molar-refractivity contribution is 14.1. The van der Waals surface area contributed by atoms with Crippen molar-refractivity contribution < 1.29 is 38.6 Å². The summed E-state index contributed by atoms with van der Waals surface area (Å²) in [7, 11) is -4.75. The monoisotopic (exact) mass is 642 g/mol. The second-order valence-electron chi connectivity index (χ2n) is 8.41. The van der Waals surface area contributed by atoms with E-state index in [0.717, 1.165) is 45.1 Å². The van der Waals surface area contributed by atoms with Gasteiger partial charge in [0.15, 0.2) is 23.2 Å². The Kier molecular flexibility index (Phi) is 11.2. The lowest BCUT2D eigenvalue weighted by atomic mass is 10.1. The molecule has 0 saturated carbocycles. The van der Waals surface area contributed by atoms with Gasteiger partial charge in [0.05, 0.1) is 17.4 Å². The third kappa shape index (κ3) is 8.28. The van der Waals surface area contributed by atoms with Gasteiger partial charge in [-0.2, -0.15) is 0 Å². The highest BCUT2D eigenvalue weighted by atomic mass is 127. The molecule has 3 heterocycles. The first-order valence-electron chi connectivity index (χ1n) is 11.7. The van der Waals surface area contributed by atoms with E-state index in [4.69, 9.17) is 14.5 Å². The van der Waals surface area contributed by atoms with E-state index in [0.29, 0.717) is 28.0 Å². The van der Waals surface area contributed by atoms with Crippen LogP contribution in [0.2, 0.25) is 0 Å². The number of unbranched alkanes of at least 4 members (excludes halogenated alkanes) is 5. The molecule has 1 saturated heterocycles. The quantitative estimate of drug-likeness (QED) is 0.0694. The number of hydrogen-bond acceptors (Lipinski definition) is 10. The second kappa shape index (κ2) is 13.9. The molecule has 36 heavy (non-hydrogen) atoms. The van der Waals surface area contributed by atoms with Crippen molar-refractivity contribution in [3.05, 3.63) is 12.7 Å². The van der Waals surface area contributed by atoms with E-state index < -0.39 is 39.0 Å². The van der Waals surface area contributed by atoms with Gasteiger partial charge in [0.25, 0.3) is 0 Å². The number of aliphatic hydroxyl groups is 2. The number of carbonyl (C=O) groups excluding carboxylic acids is 1. The maximum Gasteiger partial charge on any atom is 0.469 e. The van der Waals surface area contributed by atoms with Crippen molar-refractivity contribution in [2.24, 2.45) is 0 Å². The molecule has 1 amide bonds. The van der Waals surface area contributed by atoms with Crippen molar-refractivity contribution in [2.75, 3.05) is 29.4 Å². The van der Waals surface area contributed by atoms with E-state index in [9.17, 15) is 19.6 Å². The zero-order chi connectivity index (χ0) is 26.1. The van der Waals surface area contributed by atoms with Crippen molar-refractivity contribution >= 4 is 53.3 Å². The van der Waals surface area contributed by atoms with Crippen LogP contribution >= 0.6 is 30.4 Å². The number of hydrogen-bond donors (Lipinski definition) is 6. The van der Waals surface area contributed by atoms with Crippen molar-refractivity contribution in [1.82, 2.24) is 24.8 Å². The molecular formula is C20H32IN6O8P. The molecule has 14 nitrogen and oxygen atoms in total. The normalized spacial score (nSPS) is 22.2. The Hall–Kier alpha value is -1.46. The standard InChI is InChI=1S/C20H32IN6O8P/c21-9-14(28)22-7-5-3-1-2-4-6-8-23-18-15-19(25-11-24-18)27(12-26-15)20-17(30)16(29)13(35-20)10-34-36(31,32)33/h11-13,16-17,20,29-30H,1-10H2,(H,22,28)(H,23,24,25)(H2,31,32,33). The fourth-order valence-electron chi connectivity index (χ4n) is 3.87. The summed E-state index contributed by atoms with van der Waals surface area (Å²) < 4.78 is 22.9. The molecule has 0 radical (unpaired) electrons.